The quantitative estimate of drug-likeness (QED) is 0.606. The number of carbonyl (C=O) groups is 1. The summed E-state index contributed by atoms with van der Waals surface area (Å²) in [5.74, 6) is -0.687. The predicted molar refractivity (Wildman–Crippen MR) is 110 cm³/mol. The van der Waals surface area contributed by atoms with Gasteiger partial charge in [0.25, 0.3) is 0 Å². The molecule has 4 nitrogen and oxygen atoms in total. The minimum absolute atomic E-state index is 0.0399. The van der Waals surface area contributed by atoms with Crippen LogP contribution >= 0.6 is 0 Å². The number of nitrogens with zero attached hydrogens (tertiary/aromatic N) is 1. The molecule has 1 heterocycles. The van der Waals surface area contributed by atoms with Crippen molar-refractivity contribution < 1.29 is 23.0 Å². The molecule has 2 aromatic carbocycles. The summed E-state index contributed by atoms with van der Waals surface area (Å²) in [7, 11) is 1.25. The van der Waals surface area contributed by atoms with Gasteiger partial charge in [-0.2, -0.15) is 0 Å². The van der Waals surface area contributed by atoms with Gasteiger partial charge in [0.2, 0.25) is 0 Å². The number of halogens is 2. The summed E-state index contributed by atoms with van der Waals surface area (Å²) in [4.78, 5) is 14.2. The van der Waals surface area contributed by atoms with Crippen LogP contribution in [-0.2, 0) is 4.74 Å². The van der Waals surface area contributed by atoms with Crippen molar-refractivity contribution in [2.75, 3.05) is 20.2 Å². The molecule has 1 aliphatic heterocycles. The van der Waals surface area contributed by atoms with Gasteiger partial charge < -0.3 is 9.47 Å². The molecule has 4 rings (SSSR count). The van der Waals surface area contributed by atoms with E-state index < -0.39 is 11.8 Å². The molecule has 2 aromatic rings. The van der Waals surface area contributed by atoms with Crippen LogP contribution in [-0.4, -0.2) is 37.2 Å². The van der Waals surface area contributed by atoms with Crippen LogP contribution in [0, 0.1) is 11.6 Å². The molecule has 6 heteroatoms. The SMILES string of the molecule is COC(=O)c1cc(C2CC2)c(O[C@@H]2CCCN([C@@H](C)c3ccc(F)cc3)C2)cc1F. The van der Waals surface area contributed by atoms with E-state index in [2.05, 4.69) is 11.8 Å². The maximum absolute atomic E-state index is 14.5. The Hall–Kier alpha value is -2.47. The Morgan fingerprint density at radius 3 is 2.53 bits per heavy atom. The van der Waals surface area contributed by atoms with Gasteiger partial charge in [-0.3, -0.25) is 4.90 Å². The Morgan fingerprint density at radius 1 is 1.13 bits per heavy atom. The highest BCUT2D eigenvalue weighted by atomic mass is 19.1. The molecular formula is C24H27F2NO3. The highest BCUT2D eigenvalue weighted by Crippen LogP contribution is 2.45. The molecule has 0 radical (unpaired) electrons. The highest BCUT2D eigenvalue weighted by molar-refractivity contribution is 5.90. The third-order valence-electron chi connectivity index (χ3n) is 6.13. The van der Waals surface area contributed by atoms with Crippen molar-refractivity contribution in [3.05, 3.63) is 64.7 Å². The van der Waals surface area contributed by atoms with Crippen molar-refractivity contribution in [3.63, 3.8) is 0 Å². The first-order valence-electron chi connectivity index (χ1n) is 10.5. The van der Waals surface area contributed by atoms with Gasteiger partial charge in [-0.15, -0.1) is 0 Å². The third-order valence-corrected chi connectivity index (χ3v) is 6.13. The molecule has 0 unspecified atom stereocenters. The normalized spacial score (nSPS) is 20.6. The summed E-state index contributed by atoms with van der Waals surface area (Å²) in [5.41, 5.74) is 1.91. The second kappa shape index (κ2) is 8.72. The van der Waals surface area contributed by atoms with Crippen LogP contribution in [0.25, 0.3) is 0 Å². The number of likely N-dealkylation sites (tertiary alicyclic amines) is 1. The lowest BCUT2D eigenvalue weighted by molar-refractivity contribution is 0.0592. The van der Waals surface area contributed by atoms with E-state index in [9.17, 15) is 13.6 Å². The zero-order valence-electron chi connectivity index (χ0n) is 17.4. The molecular weight excluding hydrogens is 388 g/mol. The molecule has 0 spiro atoms. The van der Waals surface area contributed by atoms with E-state index in [0.717, 1.165) is 43.4 Å². The van der Waals surface area contributed by atoms with Crippen molar-refractivity contribution in [2.45, 2.75) is 50.7 Å². The maximum atomic E-state index is 14.5. The average Bonchev–Trinajstić information content (AvgIpc) is 3.59. The number of methoxy groups -OCH3 is 1. The first-order valence-corrected chi connectivity index (χ1v) is 10.5. The van der Waals surface area contributed by atoms with Crippen LogP contribution in [0.1, 0.15) is 66.1 Å². The fourth-order valence-corrected chi connectivity index (χ4v) is 4.20. The molecule has 0 aromatic heterocycles. The Morgan fingerprint density at radius 2 is 1.87 bits per heavy atom. The summed E-state index contributed by atoms with van der Waals surface area (Å²) in [6, 6.07) is 9.67. The topological polar surface area (TPSA) is 38.8 Å². The lowest BCUT2D eigenvalue weighted by Gasteiger charge is -2.37. The van der Waals surface area contributed by atoms with Crippen LogP contribution in [0.4, 0.5) is 8.78 Å². The smallest absolute Gasteiger partial charge is 0.340 e. The van der Waals surface area contributed by atoms with E-state index in [4.69, 9.17) is 9.47 Å². The van der Waals surface area contributed by atoms with Gasteiger partial charge in [0.15, 0.2) is 0 Å². The number of hydrogen-bond acceptors (Lipinski definition) is 4. The summed E-state index contributed by atoms with van der Waals surface area (Å²) in [5, 5.41) is 0. The van der Waals surface area contributed by atoms with E-state index in [1.807, 2.05) is 12.1 Å². The molecule has 160 valence electrons. The van der Waals surface area contributed by atoms with E-state index >= 15 is 0 Å². The first kappa shape index (κ1) is 20.8. The van der Waals surface area contributed by atoms with E-state index in [1.165, 1.54) is 25.3 Å². The van der Waals surface area contributed by atoms with Crippen molar-refractivity contribution in [1.29, 1.82) is 0 Å². The van der Waals surface area contributed by atoms with E-state index in [1.54, 1.807) is 6.07 Å². The lowest BCUT2D eigenvalue weighted by Crippen LogP contribution is -2.42. The average molecular weight is 415 g/mol. The van der Waals surface area contributed by atoms with Gasteiger partial charge in [0, 0.05) is 18.7 Å². The van der Waals surface area contributed by atoms with E-state index in [-0.39, 0.29) is 23.5 Å². The Labute approximate surface area is 175 Å². The molecule has 0 N–H and O–H groups in total. The van der Waals surface area contributed by atoms with Crippen molar-refractivity contribution >= 4 is 5.97 Å². The molecule has 2 aliphatic rings. The van der Waals surface area contributed by atoms with Gasteiger partial charge in [-0.25, -0.2) is 13.6 Å². The Kier molecular flexibility index (Phi) is 6.04. The summed E-state index contributed by atoms with van der Waals surface area (Å²) >= 11 is 0. The number of esters is 1. The molecule has 1 saturated heterocycles. The van der Waals surface area contributed by atoms with Crippen LogP contribution in [0.2, 0.25) is 0 Å². The predicted octanol–water partition coefficient (Wildman–Crippen LogP) is 5.23. The summed E-state index contributed by atoms with van der Waals surface area (Å²) in [6.07, 6.45) is 3.82. The number of rotatable bonds is 6. The minimum Gasteiger partial charge on any atom is -0.489 e. The van der Waals surface area contributed by atoms with Gasteiger partial charge >= 0.3 is 5.97 Å². The minimum atomic E-state index is -0.669. The molecule has 1 aliphatic carbocycles. The monoisotopic (exact) mass is 415 g/mol. The highest BCUT2D eigenvalue weighted by Gasteiger charge is 2.32. The molecule has 1 saturated carbocycles. The van der Waals surface area contributed by atoms with Crippen molar-refractivity contribution in [1.82, 2.24) is 4.90 Å². The molecule has 0 amide bonds. The number of piperidine rings is 1. The molecule has 0 bridgehead atoms. The Balaban J connectivity index is 1.50. The number of carbonyl (C=O) groups excluding carboxylic acids is 1. The number of benzene rings is 2. The van der Waals surface area contributed by atoms with Gasteiger partial charge in [-0.05, 0) is 74.4 Å². The Bertz CT molecular complexity index is 911. The fraction of sp³-hybridized carbons (Fsp3) is 0.458. The number of ether oxygens (including phenoxy) is 2. The van der Waals surface area contributed by atoms with Crippen LogP contribution < -0.4 is 4.74 Å². The third kappa shape index (κ3) is 4.48. The second-order valence-electron chi connectivity index (χ2n) is 8.24. The largest absolute Gasteiger partial charge is 0.489 e. The zero-order chi connectivity index (χ0) is 21.3. The van der Waals surface area contributed by atoms with Gasteiger partial charge in [0.1, 0.15) is 23.5 Å². The lowest BCUT2D eigenvalue weighted by atomic mass is 10.0. The second-order valence-corrected chi connectivity index (χ2v) is 8.24. The first-order chi connectivity index (χ1) is 14.5. The van der Waals surface area contributed by atoms with Crippen molar-refractivity contribution in [2.24, 2.45) is 0 Å². The fourth-order valence-electron chi connectivity index (χ4n) is 4.20. The van der Waals surface area contributed by atoms with Crippen LogP contribution in [0.15, 0.2) is 36.4 Å². The standard InChI is InChI=1S/C24H27F2NO3/c1-15(16-7-9-18(25)10-8-16)27-11-3-4-19(14-27)30-23-13-22(26)21(24(28)29-2)12-20(23)17-5-6-17/h7-10,12-13,15,17,19H,3-6,11,14H2,1-2H3/t15-,19+/m0/s1. The molecule has 30 heavy (non-hydrogen) atoms. The molecule has 2 atom stereocenters. The number of hydrogen-bond donors (Lipinski definition) is 0. The van der Waals surface area contributed by atoms with Crippen LogP contribution in [0.3, 0.4) is 0 Å². The maximum Gasteiger partial charge on any atom is 0.340 e. The zero-order valence-corrected chi connectivity index (χ0v) is 17.4. The molecule has 2 fully saturated rings. The summed E-state index contributed by atoms with van der Waals surface area (Å²) in [6.45, 7) is 3.75. The van der Waals surface area contributed by atoms with Crippen molar-refractivity contribution in [3.8, 4) is 5.75 Å². The summed E-state index contributed by atoms with van der Waals surface area (Å²) < 4.78 is 38.8. The van der Waals surface area contributed by atoms with E-state index in [0.29, 0.717) is 18.2 Å². The van der Waals surface area contributed by atoms with Crippen LogP contribution in [0.5, 0.6) is 5.75 Å². The van der Waals surface area contributed by atoms with Gasteiger partial charge in [0.05, 0.1) is 12.7 Å². The van der Waals surface area contributed by atoms with Gasteiger partial charge in [-0.1, -0.05) is 12.1 Å².